The minimum absolute atomic E-state index is 0.311. The summed E-state index contributed by atoms with van der Waals surface area (Å²) < 4.78 is 5.15. The van der Waals surface area contributed by atoms with E-state index in [9.17, 15) is 5.11 Å². The maximum absolute atomic E-state index is 9.86. The molecular weight excluding hydrogens is 178 g/mol. The van der Waals surface area contributed by atoms with E-state index >= 15 is 0 Å². The molecule has 0 amide bonds. The number of nitrogens with two attached hydrogens (primary N) is 1. The lowest BCUT2D eigenvalue weighted by Crippen LogP contribution is -2.19. The number of benzene rings is 1. The first-order chi connectivity index (χ1) is 6.57. The Morgan fingerprint density at radius 1 is 1.43 bits per heavy atom. The van der Waals surface area contributed by atoms with E-state index in [4.69, 9.17) is 10.5 Å². The Morgan fingerprint density at radius 2 is 2.07 bits per heavy atom. The maximum Gasteiger partial charge on any atom is 0.123 e. The number of phenolic OH excluding ortho intramolecular Hbond substituents is 1. The topological polar surface area (TPSA) is 55.5 Å². The number of methoxy groups -OCH3 is 1. The highest BCUT2D eigenvalue weighted by Gasteiger charge is 2.42. The lowest BCUT2D eigenvalue weighted by molar-refractivity contribution is 0.407. The fraction of sp³-hybridized carbons (Fsp3) is 0.455. The fourth-order valence-electron chi connectivity index (χ4n) is 1.65. The molecule has 0 aliphatic heterocycles. The summed E-state index contributed by atoms with van der Waals surface area (Å²) in [4.78, 5) is 0. The summed E-state index contributed by atoms with van der Waals surface area (Å²) in [5.41, 5.74) is 7.36. The van der Waals surface area contributed by atoms with Crippen LogP contribution in [0.25, 0.3) is 0 Å². The van der Waals surface area contributed by atoms with Crippen molar-refractivity contribution in [2.45, 2.75) is 25.3 Å². The summed E-state index contributed by atoms with van der Waals surface area (Å²) in [6.07, 6.45) is 1.88. The normalized spacial score (nSPS) is 17.9. The first-order valence-electron chi connectivity index (χ1n) is 4.74. The molecule has 1 fully saturated rings. The number of hydrogen-bond acceptors (Lipinski definition) is 3. The zero-order valence-electron chi connectivity index (χ0n) is 8.50. The average Bonchev–Trinajstić information content (AvgIpc) is 2.89. The molecule has 0 atom stereocenters. The van der Waals surface area contributed by atoms with Crippen molar-refractivity contribution in [3.63, 3.8) is 0 Å². The number of phenols is 1. The monoisotopic (exact) mass is 193 g/mol. The van der Waals surface area contributed by atoms with Crippen LogP contribution in [0.1, 0.15) is 24.0 Å². The number of aromatic hydroxyl groups is 1. The van der Waals surface area contributed by atoms with E-state index in [1.807, 2.05) is 19.1 Å². The van der Waals surface area contributed by atoms with E-state index in [1.165, 1.54) is 0 Å². The van der Waals surface area contributed by atoms with Crippen LogP contribution in [0.2, 0.25) is 0 Å². The smallest absolute Gasteiger partial charge is 0.123 e. The van der Waals surface area contributed by atoms with Crippen molar-refractivity contribution in [3.8, 4) is 11.5 Å². The first kappa shape index (κ1) is 9.34. The fourth-order valence-corrected chi connectivity index (χ4v) is 1.65. The zero-order valence-corrected chi connectivity index (χ0v) is 8.50. The lowest BCUT2D eigenvalue weighted by Gasteiger charge is -2.14. The molecule has 76 valence electrons. The zero-order chi connectivity index (χ0) is 10.3. The van der Waals surface area contributed by atoms with Gasteiger partial charge in [0.15, 0.2) is 0 Å². The van der Waals surface area contributed by atoms with E-state index in [0.29, 0.717) is 5.75 Å². The molecule has 3 heteroatoms. The molecule has 1 saturated carbocycles. The Balaban J connectivity index is 2.52. The van der Waals surface area contributed by atoms with E-state index in [-0.39, 0.29) is 5.54 Å². The van der Waals surface area contributed by atoms with Gasteiger partial charge < -0.3 is 15.6 Å². The standard InChI is InChI=1S/C11H15NO2/c1-7-5-8(14-2)6-9(10(7)13)11(12)3-4-11/h5-6,13H,3-4,12H2,1-2H3. The lowest BCUT2D eigenvalue weighted by atomic mass is 10.0. The third-order valence-corrected chi connectivity index (χ3v) is 2.83. The predicted molar refractivity (Wildman–Crippen MR) is 54.5 cm³/mol. The number of hydrogen-bond donors (Lipinski definition) is 2. The molecule has 1 aliphatic carbocycles. The van der Waals surface area contributed by atoms with Crippen molar-refractivity contribution in [1.29, 1.82) is 0 Å². The van der Waals surface area contributed by atoms with E-state index in [1.54, 1.807) is 7.11 Å². The number of ether oxygens (including phenoxy) is 1. The van der Waals surface area contributed by atoms with Crippen LogP contribution < -0.4 is 10.5 Å². The quantitative estimate of drug-likeness (QED) is 0.751. The molecule has 0 bridgehead atoms. The van der Waals surface area contributed by atoms with Gasteiger partial charge in [-0.3, -0.25) is 0 Å². The molecule has 0 heterocycles. The highest BCUT2D eigenvalue weighted by atomic mass is 16.5. The van der Waals surface area contributed by atoms with Crippen LogP contribution in [0.15, 0.2) is 12.1 Å². The van der Waals surface area contributed by atoms with Gasteiger partial charge in [-0.15, -0.1) is 0 Å². The molecule has 0 aromatic heterocycles. The third-order valence-electron chi connectivity index (χ3n) is 2.83. The largest absolute Gasteiger partial charge is 0.507 e. The van der Waals surface area contributed by atoms with Crippen LogP contribution in [-0.4, -0.2) is 12.2 Å². The van der Waals surface area contributed by atoms with Gasteiger partial charge in [0.25, 0.3) is 0 Å². The Morgan fingerprint density at radius 3 is 2.57 bits per heavy atom. The molecule has 14 heavy (non-hydrogen) atoms. The molecule has 3 nitrogen and oxygen atoms in total. The summed E-state index contributed by atoms with van der Waals surface area (Å²) in [6, 6.07) is 3.64. The summed E-state index contributed by atoms with van der Waals surface area (Å²) in [5, 5.41) is 9.86. The van der Waals surface area contributed by atoms with Crippen molar-refractivity contribution in [2.24, 2.45) is 5.73 Å². The number of aryl methyl sites for hydroxylation is 1. The Bertz CT molecular complexity index is 370. The summed E-state index contributed by atoms with van der Waals surface area (Å²) in [5.74, 6) is 1.07. The maximum atomic E-state index is 9.86. The molecule has 0 saturated heterocycles. The van der Waals surface area contributed by atoms with E-state index < -0.39 is 0 Å². The Kier molecular flexibility index (Phi) is 1.93. The van der Waals surface area contributed by atoms with Crippen LogP contribution in [-0.2, 0) is 5.54 Å². The summed E-state index contributed by atoms with van der Waals surface area (Å²) in [6.45, 7) is 1.85. The molecule has 0 spiro atoms. The SMILES string of the molecule is COc1cc(C)c(O)c(C2(N)CC2)c1. The van der Waals surface area contributed by atoms with Gasteiger partial charge in [0.05, 0.1) is 7.11 Å². The second-order valence-corrected chi connectivity index (χ2v) is 4.00. The molecule has 1 aromatic carbocycles. The van der Waals surface area contributed by atoms with E-state index in [0.717, 1.165) is 29.7 Å². The highest BCUT2D eigenvalue weighted by Crippen LogP contribution is 2.48. The third kappa shape index (κ3) is 1.34. The molecule has 1 aromatic rings. The van der Waals surface area contributed by atoms with Gasteiger partial charge in [-0.25, -0.2) is 0 Å². The van der Waals surface area contributed by atoms with E-state index in [2.05, 4.69) is 0 Å². The second-order valence-electron chi connectivity index (χ2n) is 4.00. The highest BCUT2D eigenvalue weighted by molar-refractivity contribution is 5.50. The van der Waals surface area contributed by atoms with Gasteiger partial charge >= 0.3 is 0 Å². The molecule has 3 N–H and O–H groups in total. The van der Waals surface area contributed by atoms with Crippen LogP contribution in [0.4, 0.5) is 0 Å². The van der Waals surface area contributed by atoms with Crippen LogP contribution >= 0.6 is 0 Å². The van der Waals surface area contributed by atoms with Gasteiger partial charge in [0.2, 0.25) is 0 Å². The van der Waals surface area contributed by atoms with Gasteiger partial charge in [-0.05, 0) is 37.5 Å². The van der Waals surface area contributed by atoms with Crippen LogP contribution in [0.5, 0.6) is 11.5 Å². The molecule has 1 aliphatic rings. The van der Waals surface area contributed by atoms with Crippen molar-refractivity contribution in [2.75, 3.05) is 7.11 Å². The minimum atomic E-state index is -0.316. The Labute approximate surface area is 83.5 Å². The Hall–Kier alpha value is -1.22. The number of rotatable bonds is 2. The first-order valence-corrected chi connectivity index (χ1v) is 4.74. The summed E-state index contributed by atoms with van der Waals surface area (Å²) in [7, 11) is 1.62. The molecular formula is C11H15NO2. The van der Waals surface area contributed by atoms with Crippen LogP contribution in [0, 0.1) is 6.92 Å². The van der Waals surface area contributed by atoms with Crippen molar-refractivity contribution in [1.82, 2.24) is 0 Å². The van der Waals surface area contributed by atoms with Gasteiger partial charge in [0, 0.05) is 11.1 Å². The van der Waals surface area contributed by atoms with Crippen molar-refractivity contribution >= 4 is 0 Å². The summed E-state index contributed by atoms with van der Waals surface area (Å²) >= 11 is 0. The van der Waals surface area contributed by atoms with Gasteiger partial charge in [0.1, 0.15) is 11.5 Å². The van der Waals surface area contributed by atoms with Gasteiger partial charge in [-0.2, -0.15) is 0 Å². The molecule has 0 unspecified atom stereocenters. The predicted octanol–water partition coefficient (Wildman–Crippen LogP) is 1.66. The molecule has 0 radical (unpaired) electrons. The van der Waals surface area contributed by atoms with Crippen LogP contribution in [0.3, 0.4) is 0 Å². The average molecular weight is 193 g/mol. The van der Waals surface area contributed by atoms with Gasteiger partial charge in [-0.1, -0.05) is 0 Å². The molecule has 2 rings (SSSR count). The van der Waals surface area contributed by atoms with Crippen molar-refractivity contribution < 1.29 is 9.84 Å². The van der Waals surface area contributed by atoms with Crippen molar-refractivity contribution in [3.05, 3.63) is 23.3 Å². The minimum Gasteiger partial charge on any atom is -0.507 e. The second kappa shape index (κ2) is 2.89.